The lowest BCUT2D eigenvalue weighted by Crippen LogP contribution is -2.33. The first-order chi connectivity index (χ1) is 12.9. The molecule has 4 rings (SSSR count). The molecule has 0 amide bonds. The van der Waals surface area contributed by atoms with Gasteiger partial charge in [-0.1, -0.05) is 36.4 Å². The summed E-state index contributed by atoms with van der Waals surface area (Å²) in [4.78, 5) is 2.20. The molecule has 1 aliphatic heterocycles. The lowest BCUT2D eigenvalue weighted by molar-refractivity contribution is 0.0328. The van der Waals surface area contributed by atoms with Crippen LogP contribution in [0.2, 0.25) is 0 Å². The van der Waals surface area contributed by atoms with Gasteiger partial charge in [-0.3, -0.25) is 4.90 Å². The second-order valence-electron chi connectivity index (χ2n) is 8.26. The topological polar surface area (TPSA) is 63.9 Å². The van der Waals surface area contributed by atoms with Crippen molar-refractivity contribution in [1.29, 1.82) is 0 Å². The van der Waals surface area contributed by atoms with Crippen LogP contribution in [0.25, 0.3) is 0 Å². The molecule has 27 heavy (non-hydrogen) atoms. The van der Waals surface area contributed by atoms with Crippen LogP contribution in [0, 0.1) is 17.7 Å². The molecule has 5 heteroatoms. The van der Waals surface area contributed by atoms with Crippen LogP contribution in [0.4, 0.5) is 4.39 Å². The molecular formula is C22H26FNO3. The summed E-state index contributed by atoms with van der Waals surface area (Å²) in [5.41, 5.74) is 1.01. The van der Waals surface area contributed by atoms with Gasteiger partial charge >= 0.3 is 0 Å². The molecule has 1 unspecified atom stereocenters. The van der Waals surface area contributed by atoms with Crippen LogP contribution < -0.4 is 0 Å². The van der Waals surface area contributed by atoms with Crippen molar-refractivity contribution in [3.63, 3.8) is 0 Å². The molecule has 4 nitrogen and oxygen atoms in total. The van der Waals surface area contributed by atoms with Gasteiger partial charge in [0.2, 0.25) is 0 Å². The smallest absolute Gasteiger partial charge is 0.165 e. The summed E-state index contributed by atoms with van der Waals surface area (Å²) in [7, 11) is 0. The van der Waals surface area contributed by atoms with Gasteiger partial charge in [0.1, 0.15) is 0 Å². The first-order valence-corrected chi connectivity index (χ1v) is 9.57. The van der Waals surface area contributed by atoms with Gasteiger partial charge < -0.3 is 15.3 Å². The molecule has 0 spiro atoms. The lowest BCUT2D eigenvalue weighted by atomic mass is 9.91. The summed E-state index contributed by atoms with van der Waals surface area (Å²) >= 11 is 0. The van der Waals surface area contributed by atoms with Gasteiger partial charge in [-0.25, -0.2) is 4.39 Å². The van der Waals surface area contributed by atoms with Gasteiger partial charge in [0.15, 0.2) is 11.6 Å². The Balaban J connectivity index is 1.33. The fourth-order valence-electron chi connectivity index (χ4n) is 4.91. The number of benzene rings is 2. The van der Waals surface area contributed by atoms with Gasteiger partial charge in [0, 0.05) is 26.1 Å². The molecule has 2 fully saturated rings. The largest absolute Gasteiger partial charge is 0.505 e. The van der Waals surface area contributed by atoms with E-state index in [9.17, 15) is 19.7 Å². The average Bonchev–Trinajstić information content (AvgIpc) is 3.11. The number of fused-ring (bicyclic) bond motifs is 1. The van der Waals surface area contributed by atoms with Crippen LogP contribution in [0.3, 0.4) is 0 Å². The Hall–Kier alpha value is -1.95. The molecule has 0 bridgehead atoms. The minimum Gasteiger partial charge on any atom is -0.505 e. The standard InChI is InChI=1S/C22H26FNO3/c23-19-8-16(6-7-20(19)25)21(26)14-24-12-17-10-22(27,11-18(17)13-24)9-15-4-2-1-3-5-15/h1-8,17-18,21,25-27H,9-14H2/t17-,18+,21-,22?/m1/s1. The summed E-state index contributed by atoms with van der Waals surface area (Å²) in [5.74, 6) is -0.250. The fraction of sp³-hybridized carbons (Fsp3) is 0.455. The molecule has 0 aromatic heterocycles. The number of nitrogens with zero attached hydrogens (tertiary/aromatic N) is 1. The summed E-state index contributed by atoms with van der Waals surface area (Å²) in [5, 5.41) is 30.7. The van der Waals surface area contributed by atoms with E-state index in [0.29, 0.717) is 30.4 Å². The van der Waals surface area contributed by atoms with Crippen molar-refractivity contribution in [2.75, 3.05) is 19.6 Å². The maximum Gasteiger partial charge on any atom is 0.165 e. The Labute approximate surface area is 158 Å². The minimum absolute atomic E-state index is 0.403. The van der Waals surface area contributed by atoms with Crippen LogP contribution in [0.15, 0.2) is 48.5 Å². The van der Waals surface area contributed by atoms with E-state index in [1.807, 2.05) is 18.2 Å². The highest BCUT2D eigenvalue weighted by atomic mass is 19.1. The Morgan fingerprint density at radius 2 is 1.74 bits per heavy atom. The lowest BCUT2D eigenvalue weighted by Gasteiger charge is -2.27. The molecular weight excluding hydrogens is 345 g/mol. The van der Waals surface area contributed by atoms with Crippen molar-refractivity contribution in [1.82, 2.24) is 4.90 Å². The van der Waals surface area contributed by atoms with Crippen LogP contribution in [0.5, 0.6) is 5.75 Å². The number of rotatable bonds is 5. The van der Waals surface area contributed by atoms with E-state index < -0.39 is 23.3 Å². The third-order valence-corrected chi connectivity index (χ3v) is 6.10. The van der Waals surface area contributed by atoms with Crippen molar-refractivity contribution in [2.45, 2.75) is 31.0 Å². The molecule has 4 atom stereocenters. The molecule has 1 saturated carbocycles. The van der Waals surface area contributed by atoms with E-state index in [1.54, 1.807) is 6.07 Å². The number of halogens is 1. The van der Waals surface area contributed by atoms with Crippen molar-refractivity contribution in [3.8, 4) is 5.75 Å². The fourth-order valence-corrected chi connectivity index (χ4v) is 4.91. The molecule has 144 valence electrons. The Morgan fingerprint density at radius 3 is 2.37 bits per heavy atom. The van der Waals surface area contributed by atoms with Gasteiger partial charge in [-0.05, 0) is 47.9 Å². The summed E-state index contributed by atoms with van der Waals surface area (Å²) < 4.78 is 13.5. The first-order valence-electron chi connectivity index (χ1n) is 9.57. The van der Waals surface area contributed by atoms with Gasteiger partial charge in [-0.2, -0.15) is 0 Å². The highest BCUT2D eigenvalue weighted by Crippen LogP contribution is 2.45. The number of aromatic hydroxyl groups is 1. The normalized spacial score (nSPS) is 29.0. The zero-order valence-electron chi connectivity index (χ0n) is 15.3. The number of likely N-dealkylation sites (tertiary alicyclic amines) is 1. The number of aliphatic hydroxyl groups excluding tert-OH is 1. The molecule has 3 N–H and O–H groups in total. The number of β-amino-alcohol motifs (C(OH)–C–C–N with tert-alkyl or cyclic N) is 1. The zero-order chi connectivity index (χ0) is 19.0. The molecule has 1 aliphatic carbocycles. The summed E-state index contributed by atoms with van der Waals surface area (Å²) in [6, 6.07) is 14.1. The number of hydrogen-bond acceptors (Lipinski definition) is 4. The van der Waals surface area contributed by atoms with E-state index in [1.165, 1.54) is 17.7 Å². The number of aliphatic hydroxyl groups is 2. The average molecular weight is 371 g/mol. The highest BCUT2D eigenvalue weighted by Gasteiger charge is 2.48. The maximum atomic E-state index is 13.5. The predicted octanol–water partition coefficient (Wildman–Crippen LogP) is 2.88. The molecule has 2 aliphatic rings. The van der Waals surface area contributed by atoms with E-state index in [-0.39, 0.29) is 0 Å². The van der Waals surface area contributed by atoms with Crippen molar-refractivity contribution >= 4 is 0 Å². The Morgan fingerprint density at radius 1 is 1.07 bits per heavy atom. The first kappa shape index (κ1) is 18.4. The van der Waals surface area contributed by atoms with E-state index in [2.05, 4.69) is 17.0 Å². The van der Waals surface area contributed by atoms with Gasteiger partial charge in [0.05, 0.1) is 11.7 Å². The third kappa shape index (κ3) is 4.00. The van der Waals surface area contributed by atoms with Gasteiger partial charge in [0.25, 0.3) is 0 Å². The number of hydrogen-bond donors (Lipinski definition) is 3. The maximum absolute atomic E-state index is 13.5. The molecule has 0 radical (unpaired) electrons. The third-order valence-electron chi connectivity index (χ3n) is 6.10. The molecule has 2 aromatic rings. The molecule has 1 heterocycles. The van der Waals surface area contributed by atoms with Crippen LogP contribution in [-0.4, -0.2) is 45.5 Å². The quantitative estimate of drug-likeness (QED) is 0.756. The van der Waals surface area contributed by atoms with E-state index in [4.69, 9.17) is 0 Å². The number of phenolic OH excluding ortho intramolecular Hbond substituents is 1. The van der Waals surface area contributed by atoms with Crippen molar-refractivity contribution < 1.29 is 19.7 Å². The summed E-state index contributed by atoms with van der Waals surface area (Å²) in [6.07, 6.45) is 1.47. The monoisotopic (exact) mass is 371 g/mol. The SMILES string of the molecule is Oc1ccc([C@H](O)CN2C[C@@H]3CC(O)(Cc4ccccc4)C[C@@H]3C2)cc1F. The van der Waals surface area contributed by atoms with E-state index >= 15 is 0 Å². The van der Waals surface area contributed by atoms with Crippen LogP contribution in [-0.2, 0) is 6.42 Å². The highest BCUT2D eigenvalue weighted by molar-refractivity contribution is 5.29. The van der Waals surface area contributed by atoms with Crippen molar-refractivity contribution in [3.05, 3.63) is 65.5 Å². The van der Waals surface area contributed by atoms with Crippen LogP contribution >= 0.6 is 0 Å². The minimum atomic E-state index is -0.790. The summed E-state index contributed by atoms with van der Waals surface area (Å²) in [6.45, 7) is 2.13. The van der Waals surface area contributed by atoms with Gasteiger partial charge in [-0.15, -0.1) is 0 Å². The predicted molar refractivity (Wildman–Crippen MR) is 101 cm³/mol. The Bertz CT molecular complexity index is 783. The second-order valence-corrected chi connectivity index (χ2v) is 8.26. The van der Waals surface area contributed by atoms with E-state index in [0.717, 1.165) is 25.9 Å². The zero-order valence-corrected chi connectivity index (χ0v) is 15.3. The second kappa shape index (κ2) is 7.23. The van der Waals surface area contributed by atoms with Crippen LogP contribution in [0.1, 0.15) is 30.1 Å². The molecule has 2 aromatic carbocycles. The molecule has 1 saturated heterocycles. The van der Waals surface area contributed by atoms with Crippen molar-refractivity contribution in [2.24, 2.45) is 11.8 Å². The number of phenols is 1. The Kier molecular flexibility index (Phi) is 4.93.